The summed E-state index contributed by atoms with van der Waals surface area (Å²) in [6.45, 7) is 6.50. The van der Waals surface area contributed by atoms with Crippen molar-refractivity contribution in [2.75, 3.05) is 6.54 Å². The lowest BCUT2D eigenvalue weighted by Gasteiger charge is -2.10. The molecule has 0 saturated heterocycles. The van der Waals surface area contributed by atoms with Gasteiger partial charge in [0.25, 0.3) is 0 Å². The first-order valence-corrected chi connectivity index (χ1v) is 12.6. The van der Waals surface area contributed by atoms with Crippen molar-refractivity contribution in [3.05, 3.63) is 76.9 Å². The van der Waals surface area contributed by atoms with Crippen LogP contribution in [0.4, 0.5) is 0 Å². The van der Waals surface area contributed by atoms with Crippen LogP contribution in [0.2, 0.25) is 0 Å². The maximum atomic E-state index is 12.6. The molecule has 0 unspecified atom stereocenters. The summed E-state index contributed by atoms with van der Waals surface area (Å²) in [5, 5.41) is 9.63. The fourth-order valence-corrected chi connectivity index (χ4v) is 5.37. The van der Waals surface area contributed by atoms with E-state index in [1.54, 1.807) is 18.2 Å². The van der Waals surface area contributed by atoms with Gasteiger partial charge in [0.2, 0.25) is 10.0 Å². The highest BCUT2D eigenvalue weighted by molar-refractivity contribution is 7.89. The molecule has 0 atom stereocenters. The van der Waals surface area contributed by atoms with Crippen LogP contribution >= 0.6 is 0 Å². The molecule has 5 nitrogen and oxygen atoms in total. The molecule has 2 aliphatic rings. The molecule has 0 spiro atoms. The van der Waals surface area contributed by atoms with Gasteiger partial charge in [0.05, 0.1) is 10.5 Å². The molecule has 32 heavy (non-hydrogen) atoms. The average molecular weight is 454 g/mol. The van der Waals surface area contributed by atoms with Gasteiger partial charge in [0.15, 0.2) is 0 Å². The fourth-order valence-electron chi connectivity index (χ4n) is 3.99. The normalized spacial score (nSPS) is 11.9. The van der Waals surface area contributed by atoms with Gasteiger partial charge in [-0.3, -0.25) is 0 Å². The van der Waals surface area contributed by atoms with Gasteiger partial charge in [-0.15, -0.1) is 0 Å². The van der Waals surface area contributed by atoms with Crippen molar-refractivity contribution >= 4 is 16.0 Å². The number of rotatable bonds is 10. The van der Waals surface area contributed by atoms with E-state index in [4.69, 9.17) is 0 Å². The Bertz CT molecular complexity index is 1170. The van der Waals surface area contributed by atoms with Crippen molar-refractivity contribution in [2.24, 2.45) is 0 Å². The minimum Gasteiger partial charge on any atom is -0.478 e. The predicted octanol–water partition coefficient (Wildman–Crippen LogP) is 5.48. The number of nitrogens with one attached hydrogen (secondary N) is 1. The summed E-state index contributed by atoms with van der Waals surface area (Å²) in [4.78, 5) is 12.1. The van der Waals surface area contributed by atoms with Gasteiger partial charge in [0, 0.05) is 6.54 Å². The molecule has 0 aromatic heterocycles. The summed E-state index contributed by atoms with van der Waals surface area (Å²) in [5.41, 5.74) is 4.96. The van der Waals surface area contributed by atoms with E-state index in [1.807, 2.05) is 37.3 Å². The third kappa shape index (κ3) is 5.37. The maximum absolute atomic E-state index is 12.6. The highest BCUT2D eigenvalue weighted by Gasteiger charge is 2.20. The van der Waals surface area contributed by atoms with Gasteiger partial charge in [-0.25, -0.2) is 17.9 Å². The van der Waals surface area contributed by atoms with Crippen LogP contribution < -0.4 is 4.72 Å². The molecule has 0 radical (unpaired) electrons. The molecule has 0 amide bonds. The van der Waals surface area contributed by atoms with Gasteiger partial charge < -0.3 is 5.11 Å². The summed E-state index contributed by atoms with van der Waals surface area (Å²) in [6.07, 6.45) is 2.77. The lowest BCUT2D eigenvalue weighted by atomic mass is 10.0. The average Bonchev–Trinajstić information content (AvgIpc) is 2.95. The van der Waals surface area contributed by atoms with Gasteiger partial charge in [-0.1, -0.05) is 63.2 Å². The molecule has 0 saturated carbocycles. The lowest BCUT2D eigenvalue weighted by molar-refractivity contribution is 0.0698. The zero-order chi connectivity index (χ0) is 23.3. The Hall–Kier alpha value is -2.70. The number of unbranched alkanes of at least 4 members (excludes halogenated alkanes) is 1. The summed E-state index contributed by atoms with van der Waals surface area (Å²) in [5.74, 6) is -0.574. The minimum absolute atomic E-state index is 0.317. The molecule has 2 aliphatic carbocycles. The maximum Gasteiger partial charge on any atom is 0.336 e. The first kappa shape index (κ1) is 24.0. The molecule has 0 aliphatic heterocycles. The fraction of sp³-hybridized carbons (Fsp3) is 0.346. The van der Waals surface area contributed by atoms with Gasteiger partial charge in [-0.05, 0) is 71.6 Å². The Kier molecular flexibility index (Phi) is 7.69. The van der Waals surface area contributed by atoms with E-state index in [2.05, 4.69) is 24.6 Å². The molecule has 0 heterocycles. The molecular weight excluding hydrogens is 422 g/mol. The Balaban J connectivity index is 1.67. The first-order chi connectivity index (χ1) is 15.2. The summed E-state index contributed by atoms with van der Waals surface area (Å²) < 4.78 is 28.0. The molecular formula is C26H31NO4S. The van der Waals surface area contributed by atoms with Crippen molar-refractivity contribution in [3.63, 3.8) is 0 Å². The Morgan fingerprint density at radius 3 is 2.31 bits per heavy atom. The van der Waals surface area contributed by atoms with Crippen molar-refractivity contribution in [2.45, 2.75) is 57.3 Å². The number of hydrogen-bond acceptors (Lipinski definition) is 3. The van der Waals surface area contributed by atoms with Crippen molar-refractivity contribution in [1.82, 2.24) is 4.72 Å². The minimum atomic E-state index is -3.54. The topological polar surface area (TPSA) is 83.5 Å². The van der Waals surface area contributed by atoms with Crippen LogP contribution in [0, 0.1) is 0 Å². The van der Waals surface area contributed by atoms with Crippen LogP contribution in [0.3, 0.4) is 0 Å². The quantitative estimate of drug-likeness (QED) is 0.398. The summed E-state index contributed by atoms with van der Waals surface area (Å²) in [6, 6.07) is 16.8. The Morgan fingerprint density at radius 2 is 1.66 bits per heavy atom. The standard InChI is InChI=1S/C26H31NO4S/c1-4-19-9-5-6-11-25(19)32(30,31)27-16-8-7-10-21-17-24(26(28)29)23-15-13-20(18(2)3)12-14-22(21)23/h5-6,9,11-15,17-18,27H,4,7-8,10,16H2,1-3H3,(H,28,29). The second kappa shape index (κ2) is 10.3. The number of aryl methyl sites for hydroxylation is 2. The number of aromatic carboxylic acids is 1. The molecule has 1 aromatic rings. The number of hydrogen-bond donors (Lipinski definition) is 2. The van der Waals surface area contributed by atoms with Crippen molar-refractivity contribution < 1.29 is 18.3 Å². The van der Waals surface area contributed by atoms with Gasteiger partial charge in [0.1, 0.15) is 0 Å². The highest BCUT2D eigenvalue weighted by Crippen LogP contribution is 2.34. The number of fused-ring (bicyclic) bond motifs is 1. The van der Waals surface area contributed by atoms with E-state index < -0.39 is 16.0 Å². The SMILES string of the molecule is CCc1ccccc1S(=O)(=O)NCCCCc1cc(C(=O)O)c2ccc(C(C)C)ccc1-2. The molecule has 6 heteroatoms. The summed E-state index contributed by atoms with van der Waals surface area (Å²) >= 11 is 0. The molecule has 170 valence electrons. The van der Waals surface area contributed by atoms with E-state index in [-0.39, 0.29) is 0 Å². The number of carbonyl (C=O) groups is 1. The van der Waals surface area contributed by atoms with Crippen LogP contribution in [-0.2, 0) is 22.9 Å². The van der Waals surface area contributed by atoms with Crippen LogP contribution in [0.25, 0.3) is 11.1 Å². The van der Waals surface area contributed by atoms with Crippen molar-refractivity contribution in [1.29, 1.82) is 0 Å². The van der Waals surface area contributed by atoms with E-state index in [0.717, 1.165) is 34.2 Å². The predicted molar refractivity (Wildman–Crippen MR) is 128 cm³/mol. The molecule has 3 rings (SSSR count). The zero-order valence-electron chi connectivity index (χ0n) is 18.9. The van der Waals surface area contributed by atoms with Crippen LogP contribution in [0.5, 0.6) is 0 Å². The number of carboxylic acids is 1. The smallest absolute Gasteiger partial charge is 0.336 e. The Labute approximate surface area is 190 Å². The molecule has 0 bridgehead atoms. The highest BCUT2D eigenvalue weighted by atomic mass is 32.2. The lowest BCUT2D eigenvalue weighted by Crippen LogP contribution is -2.25. The number of sulfonamides is 1. The second-order valence-electron chi connectivity index (χ2n) is 8.35. The van der Waals surface area contributed by atoms with Crippen LogP contribution in [0.1, 0.15) is 66.6 Å². The number of carboxylic acid groups (broad SMARTS) is 1. The van der Waals surface area contributed by atoms with Crippen LogP contribution in [-0.4, -0.2) is 26.0 Å². The number of benzene rings is 1. The van der Waals surface area contributed by atoms with E-state index in [0.29, 0.717) is 42.2 Å². The van der Waals surface area contributed by atoms with Crippen molar-refractivity contribution in [3.8, 4) is 11.1 Å². The second-order valence-corrected chi connectivity index (χ2v) is 10.1. The largest absolute Gasteiger partial charge is 0.478 e. The molecule has 0 fully saturated rings. The summed E-state index contributed by atoms with van der Waals surface area (Å²) in [7, 11) is -3.54. The van der Waals surface area contributed by atoms with Gasteiger partial charge >= 0.3 is 5.97 Å². The van der Waals surface area contributed by atoms with E-state index in [1.165, 1.54) is 0 Å². The third-order valence-electron chi connectivity index (χ3n) is 5.83. The monoisotopic (exact) mass is 453 g/mol. The molecule has 2 N–H and O–H groups in total. The first-order valence-electron chi connectivity index (χ1n) is 11.1. The van der Waals surface area contributed by atoms with Gasteiger partial charge in [-0.2, -0.15) is 0 Å². The van der Waals surface area contributed by atoms with E-state index in [9.17, 15) is 18.3 Å². The zero-order valence-corrected chi connectivity index (χ0v) is 19.7. The Morgan fingerprint density at radius 1 is 0.969 bits per heavy atom. The van der Waals surface area contributed by atoms with Crippen LogP contribution in [0.15, 0.2) is 59.5 Å². The third-order valence-corrected chi connectivity index (χ3v) is 7.40. The molecule has 1 aromatic carbocycles. The van der Waals surface area contributed by atoms with E-state index >= 15 is 0 Å².